The van der Waals surface area contributed by atoms with E-state index in [9.17, 15) is 4.79 Å². The second-order valence-electron chi connectivity index (χ2n) is 4.40. The van der Waals surface area contributed by atoms with E-state index < -0.39 is 0 Å². The van der Waals surface area contributed by atoms with E-state index in [1.54, 1.807) is 6.42 Å². The average Bonchev–Trinajstić information content (AvgIpc) is 2.68. The Kier molecular flexibility index (Phi) is 4.94. The highest BCUT2D eigenvalue weighted by atomic mass is 16.2. The van der Waals surface area contributed by atoms with E-state index in [0.717, 1.165) is 57.9 Å². The van der Waals surface area contributed by atoms with E-state index >= 15 is 0 Å². The van der Waals surface area contributed by atoms with Gasteiger partial charge in [0.2, 0.25) is 5.91 Å². The first kappa shape index (κ1) is 12.5. The van der Waals surface area contributed by atoms with Crippen molar-refractivity contribution in [3.8, 4) is 0 Å². The van der Waals surface area contributed by atoms with Gasteiger partial charge in [0.05, 0.1) is 6.42 Å². The molecule has 95 valence electrons. The van der Waals surface area contributed by atoms with Gasteiger partial charge in [-0.05, 0) is 25.9 Å². The molecule has 5 heteroatoms. The second kappa shape index (κ2) is 6.71. The molecule has 1 fully saturated rings. The summed E-state index contributed by atoms with van der Waals surface area (Å²) in [4.78, 5) is 18.0. The largest absolute Gasteiger partial charge is 0.315 e. The van der Waals surface area contributed by atoms with E-state index in [1.165, 1.54) is 0 Å². The smallest absolute Gasteiger partial charge is 0.232 e. The van der Waals surface area contributed by atoms with Crippen molar-refractivity contribution in [1.82, 2.24) is 15.5 Å². The molecule has 1 saturated heterocycles. The van der Waals surface area contributed by atoms with Crippen molar-refractivity contribution in [2.45, 2.75) is 19.3 Å². The molecule has 1 radical (unpaired) electrons. The zero-order chi connectivity index (χ0) is 11.9. The highest BCUT2D eigenvalue weighted by molar-refractivity contribution is 6.09. The molecule has 5 nitrogen and oxygen atoms in total. The van der Waals surface area contributed by atoms with Crippen molar-refractivity contribution >= 4 is 11.7 Å². The number of amides is 1. The lowest BCUT2D eigenvalue weighted by atomic mass is 10.3. The van der Waals surface area contributed by atoms with Gasteiger partial charge >= 0.3 is 0 Å². The minimum Gasteiger partial charge on any atom is -0.315 e. The molecular formula is C12H21N4O. The van der Waals surface area contributed by atoms with E-state index in [1.807, 2.05) is 4.90 Å². The number of hydrogen-bond acceptors (Lipinski definition) is 4. The summed E-state index contributed by atoms with van der Waals surface area (Å²) in [6, 6.07) is 0. The molecule has 0 unspecified atom stereocenters. The highest BCUT2D eigenvalue weighted by Gasteiger charge is 2.26. The van der Waals surface area contributed by atoms with Crippen LogP contribution < -0.4 is 10.6 Å². The van der Waals surface area contributed by atoms with E-state index in [-0.39, 0.29) is 5.91 Å². The third kappa shape index (κ3) is 3.78. The van der Waals surface area contributed by atoms with Crippen molar-refractivity contribution in [3.05, 3.63) is 6.42 Å². The molecule has 2 rings (SSSR count). The maximum atomic E-state index is 11.7. The van der Waals surface area contributed by atoms with Gasteiger partial charge in [-0.15, -0.1) is 0 Å². The van der Waals surface area contributed by atoms with Gasteiger partial charge in [0, 0.05) is 32.6 Å². The third-order valence-electron chi connectivity index (χ3n) is 3.06. The number of nitrogens with one attached hydrogen (secondary N) is 2. The molecule has 0 saturated carbocycles. The van der Waals surface area contributed by atoms with Gasteiger partial charge in [-0.3, -0.25) is 9.79 Å². The van der Waals surface area contributed by atoms with Crippen LogP contribution in [0.3, 0.4) is 0 Å². The lowest BCUT2D eigenvalue weighted by Gasteiger charge is -2.16. The fourth-order valence-corrected chi connectivity index (χ4v) is 2.12. The van der Waals surface area contributed by atoms with Crippen LogP contribution in [0.2, 0.25) is 0 Å². The van der Waals surface area contributed by atoms with Crippen molar-refractivity contribution in [2.24, 2.45) is 4.99 Å². The summed E-state index contributed by atoms with van der Waals surface area (Å²) in [7, 11) is 0. The molecule has 0 aromatic rings. The summed E-state index contributed by atoms with van der Waals surface area (Å²) >= 11 is 0. The predicted octanol–water partition coefficient (Wildman–Crippen LogP) is -0.206. The van der Waals surface area contributed by atoms with E-state index in [4.69, 9.17) is 0 Å². The maximum absolute atomic E-state index is 11.7. The zero-order valence-electron chi connectivity index (χ0n) is 10.2. The van der Waals surface area contributed by atoms with Gasteiger partial charge in [0.25, 0.3) is 0 Å². The Labute approximate surface area is 103 Å². The minimum absolute atomic E-state index is 0.122. The van der Waals surface area contributed by atoms with Gasteiger partial charge in [-0.2, -0.15) is 0 Å². The molecular weight excluding hydrogens is 216 g/mol. The van der Waals surface area contributed by atoms with Gasteiger partial charge in [0.1, 0.15) is 5.84 Å². The molecule has 2 aliphatic heterocycles. The van der Waals surface area contributed by atoms with Crippen LogP contribution in [0.15, 0.2) is 4.99 Å². The molecule has 2 heterocycles. The Hall–Kier alpha value is -0.940. The van der Waals surface area contributed by atoms with Crippen LogP contribution >= 0.6 is 0 Å². The molecule has 0 aromatic heterocycles. The molecule has 0 spiro atoms. The fraction of sp³-hybridized carbons (Fsp3) is 0.750. The summed E-state index contributed by atoms with van der Waals surface area (Å²) in [6.07, 6.45) is 4.46. The number of hydrogen-bond donors (Lipinski definition) is 2. The lowest BCUT2D eigenvalue weighted by molar-refractivity contribution is -0.122. The van der Waals surface area contributed by atoms with Crippen molar-refractivity contribution in [2.75, 3.05) is 39.3 Å². The lowest BCUT2D eigenvalue weighted by Crippen LogP contribution is -2.33. The van der Waals surface area contributed by atoms with Crippen molar-refractivity contribution in [3.63, 3.8) is 0 Å². The van der Waals surface area contributed by atoms with Crippen LogP contribution in [-0.2, 0) is 4.79 Å². The standard InChI is InChI=1S/C12H21N4O/c17-12-4-3-11-15-7-1-5-13-8-9-14-6-2-10-16(11)12/h4,13-14H,1-3,5-10H2. The summed E-state index contributed by atoms with van der Waals surface area (Å²) in [6.45, 7) is 5.55. The van der Waals surface area contributed by atoms with Crippen LogP contribution in [-0.4, -0.2) is 55.9 Å². The number of carbonyl (C=O) groups excluding carboxylic acids is 1. The molecule has 1 amide bonds. The monoisotopic (exact) mass is 237 g/mol. The molecule has 0 aliphatic carbocycles. The summed E-state index contributed by atoms with van der Waals surface area (Å²) < 4.78 is 0. The normalized spacial score (nSPS) is 24.4. The van der Waals surface area contributed by atoms with Crippen LogP contribution in [0.4, 0.5) is 0 Å². The number of amidine groups is 1. The van der Waals surface area contributed by atoms with Gasteiger partial charge < -0.3 is 15.5 Å². The Bertz CT molecular complexity index is 290. The summed E-state index contributed by atoms with van der Waals surface area (Å²) in [5.74, 6) is 1.07. The molecule has 0 aromatic carbocycles. The maximum Gasteiger partial charge on any atom is 0.232 e. The molecule has 17 heavy (non-hydrogen) atoms. The van der Waals surface area contributed by atoms with Crippen molar-refractivity contribution < 1.29 is 4.79 Å². The topological polar surface area (TPSA) is 56.7 Å². The molecule has 0 atom stereocenters. The van der Waals surface area contributed by atoms with E-state index in [2.05, 4.69) is 15.6 Å². The number of carbonyl (C=O) groups is 1. The van der Waals surface area contributed by atoms with Crippen molar-refractivity contribution in [1.29, 1.82) is 0 Å². The van der Waals surface area contributed by atoms with Crippen LogP contribution in [0.25, 0.3) is 0 Å². The summed E-state index contributed by atoms with van der Waals surface area (Å²) in [5.41, 5.74) is 0. The molecule has 2 N–H and O–H groups in total. The first-order chi connectivity index (χ1) is 8.38. The first-order valence-electron chi connectivity index (χ1n) is 6.47. The van der Waals surface area contributed by atoms with E-state index in [0.29, 0.717) is 6.42 Å². The Morgan fingerprint density at radius 3 is 2.71 bits per heavy atom. The number of rotatable bonds is 0. The quantitative estimate of drug-likeness (QED) is 0.613. The zero-order valence-corrected chi connectivity index (χ0v) is 10.2. The van der Waals surface area contributed by atoms with Crippen LogP contribution in [0.1, 0.15) is 19.3 Å². The molecule has 0 bridgehead atoms. The van der Waals surface area contributed by atoms with Gasteiger partial charge in [-0.25, -0.2) is 0 Å². The SMILES string of the molecule is O=C1[CH]CC2=NCCCNCCNCCCN12. The second-order valence-corrected chi connectivity index (χ2v) is 4.40. The Morgan fingerprint density at radius 2 is 1.88 bits per heavy atom. The summed E-state index contributed by atoms with van der Waals surface area (Å²) in [5, 5.41) is 6.74. The van der Waals surface area contributed by atoms with Crippen LogP contribution in [0, 0.1) is 6.42 Å². The average molecular weight is 237 g/mol. The fourth-order valence-electron chi connectivity index (χ4n) is 2.12. The number of aliphatic imine (C=N–C) groups is 1. The Balaban J connectivity index is 1.92. The number of nitrogens with zero attached hydrogens (tertiary/aromatic N) is 2. The van der Waals surface area contributed by atoms with Gasteiger partial charge in [0.15, 0.2) is 0 Å². The van der Waals surface area contributed by atoms with Crippen LogP contribution in [0.5, 0.6) is 0 Å². The third-order valence-corrected chi connectivity index (χ3v) is 3.06. The number of fused-ring (bicyclic) bond motifs is 1. The highest BCUT2D eigenvalue weighted by Crippen LogP contribution is 2.13. The Morgan fingerprint density at radius 1 is 1.12 bits per heavy atom. The predicted molar refractivity (Wildman–Crippen MR) is 67.9 cm³/mol. The molecule has 2 aliphatic rings. The van der Waals surface area contributed by atoms with Gasteiger partial charge in [-0.1, -0.05) is 0 Å². The first-order valence-corrected chi connectivity index (χ1v) is 6.47. The minimum atomic E-state index is 0.122.